The molecule has 0 bridgehead atoms. The number of ether oxygens (including phenoxy) is 1. The van der Waals surface area contributed by atoms with Gasteiger partial charge in [-0.05, 0) is 48.4 Å². The predicted molar refractivity (Wildman–Crippen MR) is 95.8 cm³/mol. The van der Waals surface area contributed by atoms with Gasteiger partial charge in [0, 0.05) is 11.3 Å². The van der Waals surface area contributed by atoms with Gasteiger partial charge in [0.2, 0.25) is 0 Å². The highest BCUT2D eigenvalue weighted by Gasteiger charge is 2.11. The van der Waals surface area contributed by atoms with Crippen LogP contribution in [-0.4, -0.2) is 21.9 Å². The second kappa shape index (κ2) is 6.64. The van der Waals surface area contributed by atoms with Crippen LogP contribution in [0.15, 0.2) is 52.1 Å². The molecule has 0 spiro atoms. The van der Waals surface area contributed by atoms with Crippen LogP contribution in [0, 0.1) is 6.92 Å². The van der Waals surface area contributed by atoms with Crippen LogP contribution in [0.4, 0.5) is 5.69 Å². The van der Waals surface area contributed by atoms with Gasteiger partial charge in [0.25, 0.3) is 5.56 Å². The van der Waals surface area contributed by atoms with Crippen LogP contribution >= 0.6 is 0 Å². The standard InChI is InChI=1S/C18H18N4O3/c1-11-9-13(5-8-15(11)25-2)16-17(23)20-18(24)22(21-16)10-12-3-6-14(19)7-4-12/h3-9H,10,19H2,1-2H3,(H,20,23,24). The second-order valence-corrected chi connectivity index (χ2v) is 5.69. The molecule has 0 atom stereocenters. The average molecular weight is 338 g/mol. The molecule has 0 saturated heterocycles. The molecule has 3 N–H and O–H groups in total. The fraction of sp³-hybridized carbons (Fsp3) is 0.167. The fourth-order valence-electron chi connectivity index (χ4n) is 2.55. The summed E-state index contributed by atoms with van der Waals surface area (Å²) in [7, 11) is 1.58. The van der Waals surface area contributed by atoms with Crippen molar-refractivity contribution in [1.82, 2.24) is 14.8 Å². The lowest BCUT2D eigenvalue weighted by Crippen LogP contribution is -2.33. The molecule has 0 aliphatic carbocycles. The van der Waals surface area contributed by atoms with E-state index in [-0.39, 0.29) is 12.2 Å². The minimum Gasteiger partial charge on any atom is -0.496 e. The Bertz CT molecular complexity index is 1020. The van der Waals surface area contributed by atoms with Gasteiger partial charge >= 0.3 is 5.69 Å². The summed E-state index contributed by atoms with van der Waals surface area (Å²) in [4.78, 5) is 26.6. The summed E-state index contributed by atoms with van der Waals surface area (Å²) in [5.41, 5.74) is 7.74. The van der Waals surface area contributed by atoms with E-state index in [1.165, 1.54) is 4.68 Å². The first-order valence-corrected chi connectivity index (χ1v) is 7.69. The summed E-state index contributed by atoms with van der Waals surface area (Å²) in [6, 6.07) is 12.4. The normalized spacial score (nSPS) is 10.6. The topological polar surface area (TPSA) is 103 Å². The average Bonchev–Trinajstić information content (AvgIpc) is 2.59. The lowest BCUT2D eigenvalue weighted by atomic mass is 10.1. The molecule has 3 rings (SSSR count). The molecule has 0 fully saturated rings. The zero-order valence-electron chi connectivity index (χ0n) is 13.9. The summed E-state index contributed by atoms with van der Waals surface area (Å²) < 4.78 is 6.45. The van der Waals surface area contributed by atoms with E-state index in [1.807, 2.05) is 19.1 Å². The summed E-state index contributed by atoms with van der Waals surface area (Å²) in [5.74, 6) is 0.718. The summed E-state index contributed by atoms with van der Waals surface area (Å²) in [6.07, 6.45) is 0. The zero-order valence-corrected chi connectivity index (χ0v) is 13.9. The number of nitrogen functional groups attached to an aromatic ring is 1. The Hall–Kier alpha value is -3.35. The van der Waals surface area contributed by atoms with Crippen molar-refractivity contribution >= 4 is 5.69 Å². The molecule has 0 amide bonds. The van der Waals surface area contributed by atoms with Gasteiger partial charge in [0.1, 0.15) is 5.75 Å². The molecular weight excluding hydrogens is 320 g/mol. The van der Waals surface area contributed by atoms with Crippen LogP contribution < -0.4 is 21.7 Å². The number of benzene rings is 2. The van der Waals surface area contributed by atoms with Gasteiger partial charge in [-0.15, -0.1) is 0 Å². The van der Waals surface area contributed by atoms with Gasteiger partial charge in [0.15, 0.2) is 5.69 Å². The maximum atomic E-state index is 12.2. The minimum atomic E-state index is -0.559. The maximum absolute atomic E-state index is 12.2. The maximum Gasteiger partial charge on any atom is 0.345 e. The summed E-state index contributed by atoms with van der Waals surface area (Å²) >= 11 is 0. The van der Waals surface area contributed by atoms with E-state index >= 15 is 0 Å². The zero-order chi connectivity index (χ0) is 18.0. The molecule has 3 aromatic rings. The Morgan fingerprint density at radius 1 is 1.16 bits per heavy atom. The van der Waals surface area contributed by atoms with E-state index in [2.05, 4.69) is 10.1 Å². The molecular formula is C18H18N4O3. The minimum absolute atomic E-state index is 0.181. The Morgan fingerprint density at radius 2 is 1.88 bits per heavy atom. The Kier molecular flexibility index (Phi) is 4.38. The monoisotopic (exact) mass is 338 g/mol. The third-order valence-electron chi connectivity index (χ3n) is 3.87. The SMILES string of the molecule is COc1ccc(-c2nn(Cc3ccc(N)cc3)c(=O)[nH]c2=O)cc1C. The molecule has 0 unspecified atom stereocenters. The third kappa shape index (κ3) is 3.45. The number of aryl methyl sites for hydroxylation is 1. The first-order valence-electron chi connectivity index (χ1n) is 7.69. The van der Waals surface area contributed by atoms with E-state index in [0.717, 1.165) is 16.9 Å². The van der Waals surface area contributed by atoms with Crippen molar-refractivity contribution in [3.05, 3.63) is 74.4 Å². The number of hydrogen-bond donors (Lipinski definition) is 2. The Morgan fingerprint density at radius 3 is 2.52 bits per heavy atom. The lowest BCUT2D eigenvalue weighted by molar-refractivity contribution is 0.412. The van der Waals surface area contributed by atoms with E-state index in [4.69, 9.17) is 10.5 Å². The number of nitrogens with zero attached hydrogens (tertiary/aromatic N) is 2. The number of aromatic amines is 1. The first-order chi connectivity index (χ1) is 12.0. The van der Waals surface area contributed by atoms with E-state index in [0.29, 0.717) is 11.3 Å². The van der Waals surface area contributed by atoms with Crippen LogP contribution in [-0.2, 0) is 6.54 Å². The van der Waals surface area contributed by atoms with E-state index in [1.54, 1.807) is 37.4 Å². The lowest BCUT2D eigenvalue weighted by Gasteiger charge is -2.09. The molecule has 0 aliphatic rings. The van der Waals surface area contributed by atoms with E-state index < -0.39 is 11.2 Å². The van der Waals surface area contributed by atoms with Crippen LogP contribution in [0.5, 0.6) is 5.75 Å². The van der Waals surface area contributed by atoms with Crippen molar-refractivity contribution in [3.8, 4) is 17.0 Å². The number of H-pyrrole nitrogens is 1. The smallest absolute Gasteiger partial charge is 0.345 e. The van der Waals surface area contributed by atoms with Crippen molar-refractivity contribution in [2.75, 3.05) is 12.8 Å². The molecule has 7 heteroatoms. The third-order valence-corrected chi connectivity index (χ3v) is 3.87. The number of methoxy groups -OCH3 is 1. The summed E-state index contributed by atoms with van der Waals surface area (Å²) in [5, 5.41) is 4.24. The van der Waals surface area contributed by atoms with Crippen LogP contribution in [0.1, 0.15) is 11.1 Å². The largest absolute Gasteiger partial charge is 0.496 e. The predicted octanol–water partition coefficient (Wildman–Crippen LogP) is 1.55. The number of anilines is 1. The molecule has 1 aromatic heterocycles. The highest BCUT2D eigenvalue weighted by Crippen LogP contribution is 2.22. The van der Waals surface area contributed by atoms with Gasteiger partial charge in [-0.2, -0.15) is 5.10 Å². The molecule has 2 aromatic carbocycles. The molecule has 0 saturated carbocycles. The number of nitrogens with one attached hydrogen (secondary N) is 1. The van der Waals surface area contributed by atoms with Crippen molar-refractivity contribution in [3.63, 3.8) is 0 Å². The number of aromatic nitrogens is 3. The van der Waals surface area contributed by atoms with Crippen LogP contribution in [0.3, 0.4) is 0 Å². The molecule has 25 heavy (non-hydrogen) atoms. The second-order valence-electron chi connectivity index (χ2n) is 5.69. The van der Waals surface area contributed by atoms with E-state index in [9.17, 15) is 9.59 Å². The molecule has 1 heterocycles. The quantitative estimate of drug-likeness (QED) is 0.703. The number of hydrogen-bond acceptors (Lipinski definition) is 5. The van der Waals surface area contributed by atoms with Gasteiger partial charge in [-0.1, -0.05) is 12.1 Å². The highest BCUT2D eigenvalue weighted by molar-refractivity contribution is 5.60. The molecule has 0 radical (unpaired) electrons. The highest BCUT2D eigenvalue weighted by atomic mass is 16.5. The first kappa shape index (κ1) is 16.5. The number of nitrogens with two attached hydrogens (primary N) is 1. The van der Waals surface area contributed by atoms with Gasteiger partial charge in [0.05, 0.1) is 13.7 Å². The van der Waals surface area contributed by atoms with Crippen LogP contribution in [0.2, 0.25) is 0 Å². The van der Waals surface area contributed by atoms with Crippen molar-refractivity contribution in [2.45, 2.75) is 13.5 Å². The van der Waals surface area contributed by atoms with Gasteiger partial charge in [-0.25, -0.2) is 9.48 Å². The molecule has 7 nitrogen and oxygen atoms in total. The van der Waals surface area contributed by atoms with Crippen molar-refractivity contribution in [1.29, 1.82) is 0 Å². The van der Waals surface area contributed by atoms with Crippen molar-refractivity contribution < 1.29 is 4.74 Å². The van der Waals surface area contributed by atoms with Gasteiger partial charge < -0.3 is 10.5 Å². The van der Waals surface area contributed by atoms with Crippen molar-refractivity contribution in [2.24, 2.45) is 0 Å². The Balaban J connectivity index is 2.03. The summed E-state index contributed by atoms with van der Waals surface area (Å²) in [6.45, 7) is 2.11. The Labute approximate surface area is 143 Å². The number of rotatable bonds is 4. The molecule has 0 aliphatic heterocycles. The fourth-order valence-corrected chi connectivity index (χ4v) is 2.55. The van der Waals surface area contributed by atoms with Crippen LogP contribution in [0.25, 0.3) is 11.3 Å². The van der Waals surface area contributed by atoms with Gasteiger partial charge in [-0.3, -0.25) is 9.78 Å². The molecule has 128 valence electrons.